The molecule has 3 nitrogen and oxygen atoms in total. The van der Waals surface area contributed by atoms with Crippen molar-refractivity contribution in [2.75, 3.05) is 7.05 Å². The lowest BCUT2D eigenvalue weighted by atomic mass is 9.97. The lowest BCUT2D eigenvalue weighted by Gasteiger charge is -2.20. The molecule has 0 radical (unpaired) electrons. The fourth-order valence-electron chi connectivity index (χ4n) is 0.696. The van der Waals surface area contributed by atoms with Crippen LogP contribution in [-0.2, 0) is 0 Å². The molecule has 1 unspecified atom stereocenters. The van der Waals surface area contributed by atoms with E-state index in [0.29, 0.717) is 0 Å². The van der Waals surface area contributed by atoms with Crippen LogP contribution in [0.25, 0.3) is 0 Å². The van der Waals surface area contributed by atoms with Gasteiger partial charge in [-0.1, -0.05) is 32.5 Å². The standard InChI is InChI=1S/C7H13N3S/c1-7(2,3)5-9-10-6(8-4)11-5/h5H,1-4H3. The summed E-state index contributed by atoms with van der Waals surface area (Å²) in [6, 6.07) is 0. The third-order valence-electron chi connectivity index (χ3n) is 1.40. The molecule has 0 bridgehead atoms. The Kier molecular flexibility index (Phi) is 2.32. The largest absolute Gasteiger partial charge is 0.263 e. The van der Waals surface area contributed by atoms with Crippen LogP contribution >= 0.6 is 11.8 Å². The zero-order chi connectivity index (χ0) is 8.48. The molecule has 0 aromatic rings. The molecular weight excluding hydrogens is 158 g/mol. The van der Waals surface area contributed by atoms with Crippen LogP contribution in [-0.4, -0.2) is 17.6 Å². The highest BCUT2D eigenvalue weighted by Gasteiger charge is 2.30. The van der Waals surface area contributed by atoms with Crippen LogP contribution in [0, 0.1) is 5.41 Å². The molecule has 11 heavy (non-hydrogen) atoms. The molecule has 1 aliphatic heterocycles. The summed E-state index contributed by atoms with van der Waals surface area (Å²) in [5.74, 6) is 0. The van der Waals surface area contributed by atoms with E-state index in [2.05, 4.69) is 36.0 Å². The van der Waals surface area contributed by atoms with E-state index < -0.39 is 0 Å². The fourth-order valence-corrected chi connectivity index (χ4v) is 1.54. The van der Waals surface area contributed by atoms with Crippen LogP contribution in [0.2, 0.25) is 0 Å². The zero-order valence-electron chi connectivity index (χ0n) is 7.33. The summed E-state index contributed by atoms with van der Waals surface area (Å²) in [4.78, 5) is 3.97. The Balaban J connectivity index is 2.64. The first-order valence-corrected chi connectivity index (χ1v) is 4.46. The zero-order valence-corrected chi connectivity index (χ0v) is 8.14. The molecule has 0 aliphatic carbocycles. The van der Waals surface area contributed by atoms with E-state index in [1.165, 1.54) is 0 Å². The summed E-state index contributed by atoms with van der Waals surface area (Å²) in [5.41, 5.74) is 0.181. The van der Waals surface area contributed by atoms with Crippen LogP contribution < -0.4 is 0 Å². The Labute approximate surface area is 71.4 Å². The molecular formula is C7H13N3S. The molecule has 0 spiro atoms. The molecule has 0 N–H and O–H groups in total. The second-order valence-electron chi connectivity index (χ2n) is 3.56. The van der Waals surface area contributed by atoms with Gasteiger partial charge in [-0.05, 0) is 5.41 Å². The lowest BCUT2D eigenvalue weighted by molar-refractivity contribution is 0.398. The normalized spacial score (nSPS) is 28.4. The van der Waals surface area contributed by atoms with Gasteiger partial charge in [-0.2, -0.15) is 5.11 Å². The SMILES string of the molecule is CN=C1N=NC(C(C)(C)C)S1. The lowest BCUT2D eigenvalue weighted by Crippen LogP contribution is -2.19. The number of hydrogen-bond donors (Lipinski definition) is 0. The molecule has 0 saturated carbocycles. The van der Waals surface area contributed by atoms with Crippen LogP contribution in [0.3, 0.4) is 0 Å². The van der Waals surface area contributed by atoms with Gasteiger partial charge < -0.3 is 0 Å². The first kappa shape index (κ1) is 8.71. The number of amidine groups is 1. The fraction of sp³-hybridized carbons (Fsp3) is 0.857. The van der Waals surface area contributed by atoms with Crippen molar-refractivity contribution in [3.63, 3.8) is 0 Å². The highest BCUT2D eigenvalue weighted by Crippen LogP contribution is 2.36. The van der Waals surface area contributed by atoms with E-state index in [9.17, 15) is 0 Å². The van der Waals surface area contributed by atoms with Crippen molar-refractivity contribution < 1.29 is 0 Å². The van der Waals surface area contributed by atoms with Crippen LogP contribution in [0.15, 0.2) is 15.2 Å². The average molecular weight is 171 g/mol. The van der Waals surface area contributed by atoms with Crippen molar-refractivity contribution in [3.8, 4) is 0 Å². The number of aliphatic imine (C=N–C) groups is 1. The van der Waals surface area contributed by atoms with Crippen LogP contribution in [0.4, 0.5) is 0 Å². The van der Waals surface area contributed by atoms with Gasteiger partial charge in [0, 0.05) is 7.05 Å². The van der Waals surface area contributed by atoms with Crippen molar-refractivity contribution in [2.45, 2.75) is 26.1 Å². The molecule has 0 aromatic heterocycles. The minimum Gasteiger partial charge on any atom is -0.263 e. The predicted molar refractivity (Wildman–Crippen MR) is 49.0 cm³/mol. The van der Waals surface area contributed by atoms with Gasteiger partial charge >= 0.3 is 0 Å². The molecule has 0 saturated heterocycles. The third kappa shape index (κ3) is 2.02. The number of rotatable bonds is 0. The maximum Gasteiger partial charge on any atom is 0.205 e. The van der Waals surface area contributed by atoms with E-state index >= 15 is 0 Å². The molecule has 1 heterocycles. The molecule has 0 fully saturated rings. The first-order valence-electron chi connectivity index (χ1n) is 3.58. The summed E-state index contributed by atoms with van der Waals surface area (Å²) in [6.07, 6.45) is 0. The monoisotopic (exact) mass is 171 g/mol. The van der Waals surface area contributed by atoms with Gasteiger partial charge in [-0.25, -0.2) is 0 Å². The number of azo groups is 1. The molecule has 1 atom stereocenters. The summed E-state index contributed by atoms with van der Waals surface area (Å²) in [5, 5.41) is 9.09. The van der Waals surface area contributed by atoms with E-state index in [1.807, 2.05) is 0 Å². The van der Waals surface area contributed by atoms with E-state index in [1.54, 1.807) is 18.8 Å². The van der Waals surface area contributed by atoms with E-state index in [0.717, 1.165) is 5.17 Å². The van der Waals surface area contributed by atoms with Crippen molar-refractivity contribution in [2.24, 2.45) is 20.6 Å². The van der Waals surface area contributed by atoms with Gasteiger partial charge in [0.1, 0.15) is 5.37 Å². The van der Waals surface area contributed by atoms with Gasteiger partial charge in [0.25, 0.3) is 0 Å². The molecule has 1 aliphatic rings. The maximum absolute atomic E-state index is 4.12. The second-order valence-corrected chi connectivity index (χ2v) is 4.61. The van der Waals surface area contributed by atoms with Gasteiger partial charge in [-0.3, -0.25) is 4.99 Å². The highest BCUT2D eigenvalue weighted by molar-refractivity contribution is 8.14. The summed E-state index contributed by atoms with van der Waals surface area (Å²) < 4.78 is 0. The topological polar surface area (TPSA) is 37.1 Å². The van der Waals surface area contributed by atoms with Crippen molar-refractivity contribution in [3.05, 3.63) is 0 Å². The van der Waals surface area contributed by atoms with Gasteiger partial charge in [-0.15, -0.1) is 5.11 Å². The van der Waals surface area contributed by atoms with Crippen molar-refractivity contribution in [1.82, 2.24) is 0 Å². The third-order valence-corrected chi connectivity index (χ3v) is 2.90. The summed E-state index contributed by atoms with van der Waals surface area (Å²) >= 11 is 1.63. The smallest absolute Gasteiger partial charge is 0.205 e. The Bertz CT molecular complexity index is 202. The summed E-state index contributed by atoms with van der Waals surface area (Å²) in [7, 11) is 1.74. The first-order chi connectivity index (χ1) is 5.04. The average Bonchev–Trinajstić information content (AvgIpc) is 2.32. The number of thioether (sulfide) groups is 1. The van der Waals surface area contributed by atoms with E-state index in [4.69, 9.17) is 0 Å². The highest BCUT2D eigenvalue weighted by atomic mass is 32.2. The minimum absolute atomic E-state index is 0.181. The molecule has 0 aromatic carbocycles. The minimum atomic E-state index is 0.181. The Morgan fingerprint density at radius 2 is 2.09 bits per heavy atom. The quantitative estimate of drug-likeness (QED) is 0.552. The number of hydrogen-bond acceptors (Lipinski definition) is 3. The van der Waals surface area contributed by atoms with Gasteiger partial charge in [0.05, 0.1) is 0 Å². The molecule has 0 amide bonds. The summed E-state index contributed by atoms with van der Waals surface area (Å²) in [6.45, 7) is 6.47. The second kappa shape index (κ2) is 2.93. The van der Waals surface area contributed by atoms with Crippen molar-refractivity contribution in [1.29, 1.82) is 0 Å². The number of nitrogens with zero attached hydrogens (tertiary/aromatic N) is 3. The Morgan fingerprint density at radius 3 is 2.36 bits per heavy atom. The van der Waals surface area contributed by atoms with Gasteiger partial charge in [0.15, 0.2) is 0 Å². The predicted octanol–water partition coefficient (Wildman–Crippen LogP) is 2.54. The molecule has 62 valence electrons. The van der Waals surface area contributed by atoms with Crippen molar-refractivity contribution >= 4 is 16.9 Å². The molecule has 4 heteroatoms. The Hall–Kier alpha value is -0.380. The maximum atomic E-state index is 4.12. The molecule has 1 rings (SSSR count). The van der Waals surface area contributed by atoms with Crippen LogP contribution in [0.1, 0.15) is 20.8 Å². The van der Waals surface area contributed by atoms with Gasteiger partial charge in [0.2, 0.25) is 5.17 Å². The van der Waals surface area contributed by atoms with Crippen LogP contribution in [0.5, 0.6) is 0 Å². The van der Waals surface area contributed by atoms with E-state index in [-0.39, 0.29) is 10.8 Å². The Morgan fingerprint density at radius 1 is 1.45 bits per heavy atom.